The molecule has 3 aromatic rings. The van der Waals surface area contributed by atoms with Gasteiger partial charge in [0.15, 0.2) is 11.6 Å². The van der Waals surface area contributed by atoms with E-state index in [0.717, 1.165) is 10.6 Å². The van der Waals surface area contributed by atoms with Gasteiger partial charge in [-0.15, -0.1) is 11.3 Å². The van der Waals surface area contributed by atoms with Gasteiger partial charge < -0.3 is 14.4 Å². The number of aliphatic carboxylic acids is 1. The third kappa shape index (κ3) is 3.08. The van der Waals surface area contributed by atoms with Crippen LogP contribution in [0, 0.1) is 24.1 Å². The van der Waals surface area contributed by atoms with Crippen molar-refractivity contribution in [3.05, 3.63) is 51.1 Å². The van der Waals surface area contributed by atoms with E-state index in [1.54, 1.807) is 12.1 Å². The SMILES string of the molecule is COc1cc2c(CC(=O)O)c(C)n(Cc3ccc(C#N)s3)c2cc1F. The number of ether oxygens (including phenoxy) is 1. The topological polar surface area (TPSA) is 75.2 Å². The van der Waals surface area contributed by atoms with E-state index in [-0.39, 0.29) is 12.2 Å². The van der Waals surface area contributed by atoms with Crippen molar-refractivity contribution in [2.45, 2.75) is 19.9 Å². The van der Waals surface area contributed by atoms with Gasteiger partial charge in [-0.2, -0.15) is 5.26 Å². The Morgan fingerprint density at radius 2 is 2.20 bits per heavy atom. The molecule has 0 bridgehead atoms. The minimum Gasteiger partial charge on any atom is -0.494 e. The third-order valence-electron chi connectivity index (χ3n) is 4.14. The number of carboxylic acids is 1. The smallest absolute Gasteiger partial charge is 0.307 e. The van der Waals surface area contributed by atoms with Crippen molar-refractivity contribution in [1.82, 2.24) is 4.57 Å². The van der Waals surface area contributed by atoms with Crippen LogP contribution in [0.3, 0.4) is 0 Å². The summed E-state index contributed by atoms with van der Waals surface area (Å²) in [5.74, 6) is -1.37. The second-order valence-electron chi connectivity index (χ2n) is 5.60. The zero-order valence-electron chi connectivity index (χ0n) is 13.7. The highest BCUT2D eigenvalue weighted by molar-refractivity contribution is 7.12. The van der Waals surface area contributed by atoms with Gasteiger partial charge in [-0.25, -0.2) is 4.39 Å². The van der Waals surface area contributed by atoms with Crippen LogP contribution in [0.25, 0.3) is 10.9 Å². The molecule has 0 amide bonds. The Morgan fingerprint density at radius 3 is 2.80 bits per heavy atom. The van der Waals surface area contributed by atoms with Crippen LogP contribution < -0.4 is 4.74 Å². The van der Waals surface area contributed by atoms with E-state index in [1.165, 1.54) is 24.5 Å². The summed E-state index contributed by atoms with van der Waals surface area (Å²) in [5, 5.41) is 18.8. The summed E-state index contributed by atoms with van der Waals surface area (Å²) in [7, 11) is 1.38. The number of rotatable bonds is 5. The Hall–Kier alpha value is -2.85. The summed E-state index contributed by atoms with van der Waals surface area (Å²) in [6.07, 6.45) is -0.155. The standard InChI is InChI=1S/C18H15FN2O3S/c1-10-13(6-18(22)23)14-5-17(24-2)15(19)7-16(14)21(10)9-12-4-3-11(8-20)25-12/h3-5,7H,6,9H2,1-2H3,(H,22,23). The molecule has 0 spiro atoms. The normalized spacial score (nSPS) is 10.8. The largest absolute Gasteiger partial charge is 0.494 e. The number of nitriles is 1. The van der Waals surface area contributed by atoms with Crippen molar-refractivity contribution in [3.63, 3.8) is 0 Å². The minimum atomic E-state index is -0.951. The number of halogens is 1. The number of benzene rings is 1. The fraction of sp³-hybridized carbons (Fsp3) is 0.222. The summed E-state index contributed by atoms with van der Waals surface area (Å²) < 4.78 is 21.1. The number of aromatic nitrogens is 1. The van der Waals surface area contributed by atoms with E-state index in [0.29, 0.717) is 27.9 Å². The maximum atomic E-state index is 14.2. The average molecular weight is 358 g/mol. The first-order chi connectivity index (χ1) is 11.9. The van der Waals surface area contributed by atoms with E-state index in [4.69, 9.17) is 10.00 Å². The molecule has 2 aromatic heterocycles. The van der Waals surface area contributed by atoms with Gasteiger partial charge in [0.25, 0.3) is 0 Å². The molecule has 25 heavy (non-hydrogen) atoms. The number of hydrogen-bond acceptors (Lipinski definition) is 4. The van der Waals surface area contributed by atoms with E-state index < -0.39 is 11.8 Å². The van der Waals surface area contributed by atoms with Crippen molar-refractivity contribution >= 4 is 28.2 Å². The predicted octanol–water partition coefficient (Wildman–Crippen LogP) is 3.71. The lowest BCUT2D eigenvalue weighted by Crippen LogP contribution is -2.04. The summed E-state index contributed by atoms with van der Waals surface area (Å²) in [6.45, 7) is 2.27. The van der Waals surface area contributed by atoms with E-state index in [9.17, 15) is 14.3 Å². The van der Waals surface area contributed by atoms with E-state index in [1.807, 2.05) is 17.6 Å². The van der Waals surface area contributed by atoms with Gasteiger partial charge in [0, 0.05) is 22.0 Å². The molecule has 0 unspecified atom stereocenters. The van der Waals surface area contributed by atoms with Gasteiger partial charge in [-0.1, -0.05) is 0 Å². The Labute approximate surface area is 147 Å². The third-order valence-corrected chi connectivity index (χ3v) is 5.12. The highest BCUT2D eigenvalue weighted by atomic mass is 32.1. The van der Waals surface area contributed by atoms with E-state index in [2.05, 4.69) is 6.07 Å². The molecule has 0 saturated carbocycles. The molecule has 0 saturated heterocycles. The van der Waals surface area contributed by atoms with Crippen LogP contribution in [0.15, 0.2) is 24.3 Å². The molecule has 7 heteroatoms. The van der Waals surface area contributed by atoms with Crippen LogP contribution in [0.2, 0.25) is 0 Å². The predicted molar refractivity (Wildman–Crippen MR) is 92.7 cm³/mol. The summed E-state index contributed by atoms with van der Waals surface area (Å²) in [4.78, 5) is 12.8. The van der Waals surface area contributed by atoms with Gasteiger partial charge in [-0.05, 0) is 30.7 Å². The number of hydrogen-bond donors (Lipinski definition) is 1. The zero-order valence-corrected chi connectivity index (χ0v) is 14.5. The molecule has 0 aliphatic heterocycles. The number of carboxylic acid groups (broad SMARTS) is 1. The fourth-order valence-corrected chi connectivity index (χ4v) is 3.75. The number of methoxy groups -OCH3 is 1. The summed E-state index contributed by atoms with van der Waals surface area (Å²) in [6, 6.07) is 8.60. The Kier molecular flexibility index (Phi) is 4.47. The van der Waals surface area contributed by atoms with Crippen LogP contribution in [0.4, 0.5) is 4.39 Å². The monoisotopic (exact) mass is 358 g/mol. The second kappa shape index (κ2) is 6.57. The fourth-order valence-electron chi connectivity index (χ4n) is 2.96. The van der Waals surface area contributed by atoms with Crippen LogP contribution in [-0.2, 0) is 17.8 Å². The quantitative estimate of drug-likeness (QED) is 0.754. The van der Waals surface area contributed by atoms with Crippen LogP contribution in [0.5, 0.6) is 5.75 Å². The number of nitrogens with zero attached hydrogens (tertiary/aromatic N) is 2. The van der Waals surface area contributed by atoms with Crippen LogP contribution in [0.1, 0.15) is 21.0 Å². The molecule has 0 radical (unpaired) electrons. The first-order valence-corrected chi connectivity index (χ1v) is 8.32. The van der Waals surface area contributed by atoms with Crippen molar-refractivity contribution in [2.75, 3.05) is 7.11 Å². The summed E-state index contributed by atoms with van der Waals surface area (Å²) >= 11 is 1.36. The molecule has 0 aliphatic carbocycles. The molecule has 1 aromatic carbocycles. The molecule has 0 atom stereocenters. The Balaban J connectivity index is 2.19. The average Bonchev–Trinajstić information content (AvgIpc) is 3.12. The lowest BCUT2D eigenvalue weighted by atomic mass is 10.1. The molecule has 1 N–H and O–H groups in total. The number of thiophene rings is 1. The molecular formula is C18H15FN2O3S. The lowest BCUT2D eigenvalue weighted by molar-refractivity contribution is -0.136. The maximum absolute atomic E-state index is 14.2. The summed E-state index contributed by atoms with van der Waals surface area (Å²) in [5.41, 5.74) is 2.01. The van der Waals surface area contributed by atoms with Crippen LogP contribution in [-0.4, -0.2) is 22.8 Å². The molecular weight excluding hydrogens is 343 g/mol. The van der Waals surface area contributed by atoms with Gasteiger partial charge in [0.1, 0.15) is 10.9 Å². The van der Waals surface area contributed by atoms with Crippen molar-refractivity contribution in [2.24, 2.45) is 0 Å². The zero-order chi connectivity index (χ0) is 18.1. The Bertz CT molecular complexity index is 1010. The molecule has 5 nitrogen and oxygen atoms in total. The molecule has 0 fully saturated rings. The molecule has 0 aliphatic rings. The highest BCUT2D eigenvalue weighted by Crippen LogP contribution is 2.33. The number of fused-ring (bicyclic) bond motifs is 1. The van der Waals surface area contributed by atoms with E-state index >= 15 is 0 Å². The molecule has 3 rings (SSSR count). The van der Waals surface area contributed by atoms with Gasteiger partial charge in [0.05, 0.1) is 25.6 Å². The maximum Gasteiger partial charge on any atom is 0.307 e. The van der Waals surface area contributed by atoms with Crippen LogP contribution >= 0.6 is 11.3 Å². The van der Waals surface area contributed by atoms with Gasteiger partial charge in [0.2, 0.25) is 0 Å². The van der Waals surface area contributed by atoms with Crippen molar-refractivity contribution in [3.8, 4) is 11.8 Å². The molecule has 2 heterocycles. The first kappa shape index (κ1) is 17.0. The van der Waals surface area contributed by atoms with Gasteiger partial charge >= 0.3 is 5.97 Å². The van der Waals surface area contributed by atoms with Crippen molar-refractivity contribution < 1.29 is 19.0 Å². The highest BCUT2D eigenvalue weighted by Gasteiger charge is 2.19. The molecule has 128 valence electrons. The second-order valence-corrected chi connectivity index (χ2v) is 6.77. The number of carbonyl (C=O) groups is 1. The lowest BCUT2D eigenvalue weighted by Gasteiger charge is -2.08. The van der Waals surface area contributed by atoms with Crippen molar-refractivity contribution in [1.29, 1.82) is 5.26 Å². The Morgan fingerprint density at radius 1 is 1.44 bits per heavy atom. The van der Waals surface area contributed by atoms with Gasteiger partial charge in [-0.3, -0.25) is 4.79 Å². The first-order valence-electron chi connectivity index (χ1n) is 7.50. The minimum absolute atomic E-state index is 0.0826.